The second-order valence-electron chi connectivity index (χ2n) is 3.93. The first kappa shape index (κ1) is 16.5. The number of alkyl halides is 3. The monoisotopic (exact) mass is 353 g/mol. The Balaban J connectivity index is 3.03. The number of hydrogen-bond donors (Lipinski definition) is 0. The summed E-state index contributed by atoms with van der Waals surface area (Å²) < 4.78 is 42.4. The molecule has 1 aromatic rings. The number of nitrogens with zero attached hydrogens (tertiary/aromatic N) is 1. The van der Waals surface area contributed by atoms with Crippen molar-refractivity contribution < 1.29 is 27.5 Å². The lowest BCUT2D eigenvalue weighted by Gasteiger charge is -2.17. The smallest absolute Gasteiger partial charge is 0.417 e. The summed E-state index contributed by atoms with van der Waals surface area (Å²) in [5.74, 6) is -1.36. The highest BCUT2D eigenvalue weighted by atomic mass is 79.9. The third kappa shape index (κ3) is 3.96. The lowest BCUT2D eigenvalue weighted by molar-refractivity contribution is -0.141. The molecule has 0 unspecified atom stereocenters. The van der Waals surface area contributed by atoms with E-state index >= 15 is 0 Å². The normalized spacial score (nSPS) is 11.1. The summed E-state index contributed by atoms with van der Waals surface area (Å²) in [4.78, 5) is 23.9. The quantitative estimate of drug-likeness (QED) is 0.785. The Morgan fingerprint density at radius 2 is 1.95 bits per heavy atom. The number of halogens is 4. The summed E-state index contributed by atoms with van der Waals surface area (Å²) >= 11 is 2.78. The highest BCUT2D eigenvalue weighted by Crippen LogP contribution is 2.35. The molecule has 1 amide bonds. The predicted octanol–water partition coefficient (Wildman–Crippen LogP) is 2.71. The maximum absolute atomic E-state index is 12.7. The molecule has 1 rings (SSSR count). The van der Waals surface area contributed by atoms with E-state index < -0.39 is 23.6 Å². The van der Waals surface area contributed by atoms with E-state index in [0.29, 0.717) is 0 Å². The summed E-state index contributed by atoms with van der Waals surface area (Å²) in [7, 11) is 2.45. The Kier molecular flexibility index (Phi) is 5.15. The first-order valence-corrected chi connectivity index (χ1v) is 6.15. The fourth-order valence-electron chi connectivity index (χ4n) is 1.43. The van der Waals surface area contributed by atoms with Crippen molar-refractivity contribution in [3.8, 4) is 0 Å². The van der Waals surface area contributed by atoms with Crippen molar-refractivity contribution in [3.63, 3.8) is 0 Å². The van der Waals surface area contributed by atoms with Gasteiger partial charge in [-0.2, -0.15) is 13.2 Å². The fourth-order valence-corrected chi connectivity index (χ4v) is 1.90. The standard InChI is InChI=1S/C12H11BrF3NO3/c1-17(6-10(18)20-2)11(19)7-3-4-9(13)8(5-7)12(14,15)16/h3-5H,6H2,1-2H3. The van der Waals surface area contributed by atoms with Gasteiger partial charge in [-0.05, 0) is 18.2 Å². The Hall–Kier alpha value is -1.57. The van der Waals surface area contributed by atoms with E-state index in [2.05, 4.69) is 20.7 Å². The van der Waals surface area contributed by atoms with Gasteiger partial charge in [0, 0.05) is 17.1 Å². The van der Waals surface area contributed by atoms with Crippen molar-refractivity contribution in [2.45, 2.75) is 6.18 Å². The molecule has 0 heterocycles. The van der Waals surface area contributed by atoms with E-state index in [1.54, 1.807) is 0 Å². The number of ether oxygens (including phenoxy) is 1. The van der Waals surface area contributed by atoms with Crippen molar-refractivity contribution in [1.29, 1.82) is 0 Å². The molecule has 0 fully saturated rings. The molecule has 0 aliphatic rings. The van der Waals surface area contributed by atoms with Crippen LogP contribution in [0, 0.1) is 0 Å². The summed E-state index contributed by atoms with van der Waals surface area (Å²) in [5, 5.41) is 0. The number of carbonyl (C=O) groups excluding carboxylic acids is 2. The molecule has 0 radical (unpaired) electrons. The maximum Gasteiger partial charge on any atom is 0.417 e. The van der Waals surface area contributed by atoms with Gasteiger partial charge in [0.2, 0.25) is 0 Å². The van der Waals surface area contributed by atoms with Gasteiger partial charge >= 0.3 is 12.1 Å². The van der Waals surface area contributed by atoms with Crippen LogP contribution in [0.3, 0.4) is 0 Å². The molecule has 8 heteroatoms. The first-order valence-electron chi connectivity index (χ1n) is 5.36. The molecule has 0 bridgehead atoms. The molecular weight excluding hydrogens is 343 g/mol. The topological polar surface area (TPSA) is 46.6 Å². The van der Waals surface area contributed by atoms with Gasteiger partial charge in [0.05, 0.1) is 12.7 Å². The summed E-state index contributed by atoms with van der Waals surface area (Å²) in [6, 6.07) is 3.12. The molecule has 0 spiro atoms. The number of rotatable bonds is 3. The van der Waals surface area contributed by atoms with Crippen LogP contribution in [0.25, 0.3) is 0 Å². The van der Waals surface area contributed by atoms with Crippen LogP contribution in [0.1, 0.15) is 15.9 Å². The minimum atomic E-state index is -4.57. The van der Waals surface area contributed by atoms with Crippen LogP contribution in [0.2, 0.25) is 0 Å². The highest BCUT2D eigenvalue weighted by Gasteiger charge is 2.33. The van der Waals surface area contributed by atoms with Crippen LogP contribution in [-0.2, 0) is 15.7 Å². The number of methoxy groups -OCH3 is 1. The van der Waals surface area contributed by atoms with Crippen LogP contribution in [0.5, 0.6) is 0 Å². The Labute approximate surface area is 121 Å². The third-order valence-corrected chi connectivity index (χ3v) is 3.15. The number of benzene rings is 1. The summed E-state index contributed by atoms with van der Waals surface area (Å²) in [6.45, 7) is -0.341. The molecule has 110 valence electrons. The van der Waals surface area contributed by atoms with Gasteiger partial charge in [-0.25, -0.2) is 0 Å². The zero-order valence-electron chi connectivity index (χ0n) is 10.6. The van der Waals surface area contributed by atoms with Crippen LogP contribution in [0.15, 0.2) is 22.7 Å². The maximum atomic E-state index is 12.7. The van der Waals surface area contributed by atoms with E-state index in [-0.39, 0.29) is 16.6 Å². The van der Waals surface area contributed by atoms with Crippen LogP contribution < -0.4 is 0 Å². The Bertz CT molecular complexity index is 531. The predicted molar refractivity (Wildman–Crippen MR) is 68.1 cm³/mol. The van der Waals surface area contributed by atoms with Crippen molar-refractivity contribution in [3.05, 3.63) is 33.8 Å². The van der Waals surface area contributed by atoms with Gasteiger partial charge in [0.15, 0.2) is 0 Å². The molecule has 20 heavy (non-hydrogen) atoms. The molecular formula is C12H11BrF3NO3. The van der Waals surface area contributed by atoms with Crippen LogP contribution >= 0.6 is 15.9 Å². The fraction of sp³-hybridized carbons (Fsp3) is 0.333. The average molecular weight is 354 g/mol. The van der Waals surface area contributed by atoms with E-state index in [0.717, 1.165) is 24.1 Å². The van der Waals surface area contributed by atoms with Gasteiger partial charge in [-0.15, -0.1) is 0 Å². The van der Waals surface area contributed by atoms with Gasteiger partial charge in [0.1, 0.15) is 6.54 Å². The van der Waals surface area contributed by atoms with Gasteiger partial charge in [0.25, 0.3) is 5.91 Å². The van der Waals surface area contributed by atoms with Crippen LogP contribution in [0.4, 0.5) is 13.2 Å². The van der Waals surface area contributed by atoms with Crippen molar-refractivity contribution in [2.75, 3.05) is 20.7 Å². The summed E-state index contributed by atoms with van der Waals surface area (Å²) in [6.07, 6.45) is -4.57. The molecule has 4 nitrogen and oxygen atoms in total. The number of esters is 1. The van der Waals surface area contributed by atoms with Crippen LogP contribution in [-0.4, -0.2) is 37.5 Å². The van der Waals surface area contributed by atoms with Gasteiger partial charge in [-0.3, -0.25) is 9.59 Å². The second-order valence-corrected chi connectivity index (χ2v) is 4.78. The molecule has 0 N–H and O–H groups in total. The van der Waals surface area contributed by atoms with E-state index in [4.69, 9.17) is 0 Å². The molecule has 0 aromatic heterocycles. The van der Waals surface area contributed by atoms with E-state index in [1.807, 2.05) is 0 Å². The minimum absolute atomic E-state index is 0.155. The molecule has 1 aromatic carbocycles. The molecule has 0 aliphatic heterocycles. The van der Waals surface area contributed by atoms with Gasteiger partial charge in [-0.1, -0.05) is 15.9 Å². The van der Waals surface area contributed by atoms with E-state index in [9.17, 15) is 22.8 Å². The number of likely N-dealkylation sites (N-methyl/N-ethyl adjacent to an activating group) is 1. The van der Waals surface area contributed by atoms with E-state index in [1.165, 1.54) is 13.1 Å². The van der Waals surface area contributed by atoms with Crippen molar-refractivity contribution >= 4 is 27.8 Å². The first-order chi connectivity index (χ1) is 9.16. The second kappa shape index (κ2) is 6.25. The zero-order valence-corrected chi connectivity index (χ0v) is 12.2. The van der Waals surface area contributed by atoms with Crippen molar-refractivity contribution in [1.82, 2.24) is 4.90 Å². The van der Waals surface area contributed by atoms with Gasteiger partial charge < -0.3 is 9.64 Å². The average Bonchev–Trinajstić information content (AvgIpc) is 2.36. The Morgan fingerprint density at radius 1 is 1.35 bits per heavy atom. The lowest BCUT2D eigenvalue weighted by atomic mass is 10.1. The number of hydrogen-bond acceptors (Lipinski definition) is 3. The third-order valence-electron chi connectivity index (χ3n) is 2.46. The molecule has 0 atom stereocenters. The largest absolute Gasteiger partial charge is 0.468 e. The molecule has 0 saturated heterocycles. The minimum Gasteiger partial charge on any atom is -0.468 e. The highest BCUT2D eigenvalue weighted by molar-refractivity contribution is 9.10. The molecule has 0 aliphatic carbocycles. The Morgan fingerprint density at radius 3 is 2.45 bits per heavy atom. The molecule has 0 saturated carbocycles. The lowest BCUT2D eigenvalue weighted by Crippen LogP contribution is -2.32. The SMILES string of the molecule is COC(=O)CN(C)C(=O)c1ccc(Br)c(C(F)(F)F)c1. The van der Waals surface area contributed by atoms with Crippen molar-refractivity contribution in [2.24, 2.45) is 0 Å². The number of amides is 1. The summed E-state index contributed by atoms with van der Waals surface area (Å²) in [5.41, 5.74) is -1.11. The zero-order chi connectivity index (χ0) is 15.5. The number of carbonyl (C=O) groups is 2.